The summed E-state index contributed by atoms with van der Waals surface area (Å²) in [6.07, 6.45) is 6.41. The minimum absolute atomic E-state index is 0.165. The van der Waals surface area contributed by atoms with E-state index in [9.17, 15) is 4.39 Å². The Labute approximate surface area is 124 Å². The Hall–Kier alpha value is -0.410. The van der Waals surface area contributed by atoms with E-state index in [1.54, 1.807) is 0 Å². The van der Waals surface area contributed by atoms with Gasteiger partial charge in [0, 0.05) is 6.04 Å². The number of hydrogen-bond acceptors (Lipinski definition) is 1. The van der Waals surface area contributed by atoms with Gasteiger partial charge in [0.05, 0.1) is 4.47 Å². The van der Waals surface area contributed by atoms with Gasteiger partial charge in [-0.1, -0.05) is 44.7 Å². The normalized spacial score (nSPS) is 25.3. The fourth-order valence-electron chi connectivity index (χ4n) is 3.54. The minimum Gasteiger partial charge on any atom is -0.313 e. The van der Waals surface area contributed by atoms with Gasteiger partial charge in [0.25, 0.3) is 0 Å². The maximum Gasteiger partial charge on any atom is 0.137 e. The summed E-state index contributed by atoms with van der Waals surface area (Å²) in [5.74, 6) is 1.20. The Morgan fingerprint density at radius 2 is 2.11 bits per heavy atom. The van der Waals surface area contributed by atoms with Crippen LogP contribution >= 0.6 is 15.9 Å². The van der Waals surface area contributed by atoms with E-state index in [1.807, 2.05) is 19.2 Å². The van der Waals surface area contributed by atoms with Crippen molar-refractivity contribution in [3.8, 4) is 0 Å². The van der Waals surface area contributed by atoms with Crippen molar-refractivity contribution in [2.24, 2.45) is 11.8 Å². The molecule has 19 heavy (non-hydrogen) atoms. The molecule has 0 aromatic heterocycles. The monoisotopic (exact) mass is 327 g/mol. The first kappa shape index (κ1) is 15.0. The maximum absolute atomic E-state index is 13.7. The summed E-state index contributed by atoms with van der Waals surface area (Å²) in [5, 5.41) is 3.42. The van der Waals surface area contributed by atoms with Gasteiger partial charge < -0.3 is 5.32 Å². The Kier molecular flexibility index (Phi) is 5.40. The first-order valence-corrected chi connectivity index (χ1v) is 8.09. The number of nitrogens with one attached hydrogen (secondary N) is 1. The van der Waals surface area contributed by atoms with Crippen molar-refractivity contribution in [3.05, 3.63) is 34.1 Å². The first-order valence-electron chi connectivity index (χ1n) is 7.30. The highest BCUT2D eigenvalue weighted by Gasteiger charge is 2.32. The van der Waals surface area contributed by atoms with E-state index >= 15 is 0 Å². The van der Waals surface area contributed by atoms with Crippen LogP contribution in [-0.2, 0) is 0 Å². The van der Waals surface area contributed by atoms with E-state index in [0.717, 1.165) is 11.5 Å². The van der Waals surface area contributed by atoms with Crippen LogP contribution in [0.5, 0.6) is 0 Å². The molecule has 1 aromatic carbocycles. The predicted octanol–water partition coefficient (Wildman–Crippen LogP) is 5.07. The molecular weight excluding hydrogens is 305 g/mol. The third-order valence-electron chi connectivity index (χ3n) is 4.55. The van der Waals surface area contributed by atoms with E-state index in [2.05, 4.69) is 28.2 Å². The topological polar surface area (TPSA) is 12.0 Å². The second kappa shape index (κ2) is 6.85. The molecule has 0 bridgehead atoms. The van der Waals surface area contributed by atoms with Gasteiger partial charge in [-0.25, -0.2) is 4.39 Å². The second-order valence-electron chi connectivity index (χ2n) is 5.53. The summed E-state index contributed by atoms with van der Waals surface area (Å²) in [6.45, 7) is 2.27. The molecule has 0 saturated heterocycles. The summed E-state index contributed by atoms with van der Waals surface area (Å²) < 4.78 is 14.4. The lowest BCUT2D eigenvalue weighted by atomic mass is 9.72. The quantitative estimate of drug-likeness (QED) is 0.814. The van der Waals surface area contributed by atoms with E-state index in [4.69, 9.17) is 0 Å². The zero-order valence-corrected chi connectivity index (χ0v) is 13.3. The highest BCUT2D eigenvalue weighted by atomic mass is 79.9. The molecule has 3 atom stereocenters. The molecule has 3 unspecified atom stereocenters. The average Bonchev–Trinajstić information content (AvgIpc) is 2.45. The van der Waals surface area contributed by atoms with E-state index in [1.165, 1.54) is 38.2 Å². The fourth-order valence-corrected chi connectivity index (χ4v) is 4.05. The lowest BCUT2D eigenvalue weighted by molar-refractivity contribution is 0.180. The van der Waals surface area contributed by atoms with Crippen molar-refractivity contribution < 1.29 is 4.39 Å². The van der Waals surface area contributed by atoms with Crippen LogP contribution in [0.1, 0.15) is 50.6 Å². The summed E-state index contributed by atoms with van der Waals surface area (Å²) in [4.78, 5) is 0. The summed E-state index contributed by atoms with van der Waals surface area (Å²) in [5.41, 5.74) is 1.06. The Morgan fingerprint density at radius 1 is 1.37 bits per heavy atom. The van der Waals surface area contributed by atoms with E-state index in [-0.39, 0.29) is 11.9 Å². The second-order valence-corrected chi connectivity index (χ2v) is 6.32. The SMILES string of the molecule is CCC1CCCCC1C(NC)c1cccc(F)c1Br. The molecule has 1 nitrogen and oxygen atoms in total. The van der Waals surface area contributed by atoms with Crippen molar-refractivity contribution in [1.29, 1.82) is 0 Å². The zero-order chi connectivity index (χ0) is 13.8. The third kappa shape index (κ3) is 3.19. The van der Waals surface area contributed by atoms with Crippen molar-refractivity contribution in [2.75, 3.05) is 7.05 Å². The van der Waals surface area contributed by atoms with Crippen LogP contribution in [0.3, 0.4) is 0 Å². The van der Waals surface area contributed by atoms with Gasteiger partial charge in [0.15, 0.2) is 0 Å². The minimum atomic E-state index is -0.165. The standard InChI is InChI=1S/C16H23BrFN/c1-3-11-7-4-5-8-12(11)16(19-2)13-9-6-10-14(18)15(13)17/h6,9-12,16,19H,3-5,7-8H2,1-2H3. The molecule has 1 fully saturated rings. The molecule has 2 rings (SSSR count). The summed E-state index contributed by atoms with van der Waals surface area (Å²) >= 11 is 3.42. The Morgan fingerprint density at radius 3 is 2.79 bits per heavy atom. The molecule has 106 valence electrons. The maximum atomic E-state index is 13.7. The van der Waals surface area contributed by atoms with Gasteiger partial charge in [-0.05, 0) is 52.9 Å². The highest BCUT2D eigenvalue weighted by Crippen LogP contribution is 2.42. The molecular formula is C16H23BrFN. The largest absolute Gasteiger partial charge is 0.313 e. The van der Waals surface area contributed by atoms with Crippen LogP contribution in [0, 0.1) is 17.7 Å². The lowest BCUT2D eigenvalue weighted by Crippen LogP contribution is -2.33. The van der Waals surface area contributed by atoms with Crippen molar-refractivity contribution >= 4 is 15.9 Å². The van der Waals surface area contributed by atoms with Gasteiger partial charge in [0.2, 0.25) is 0 Å². The van der Waals surface area contributed by atoms with E-state index < -0.39 is 0 Å². The fraction of sp³-hybridized carbons (Fsp3) is 0.625. The molecule has 1 N–H and O–H groups in total. The van der Waals surface area contributed by atoms with Gasteiger partial charge >= 0.3 is 0 Å². The van der Waals surface area contributed by atoms with Crippen LogP contribution in [-0.4, -0.2) is 7.05 Å². The Bertz CT molecular complexity index is 421. The van der Waals surface area contributed by atoms with Crippen molar-refractivity contribution in [3.63, 3.8) is 0 Å². The molecule has 1 aromatic rings. The number of benzene rings is 1. The zero-order valence-electron chi connectivity index (χ0n) is 11.8. The molecule has 1 aliphatic carbocycles. The van der Waals surface area contributed by atoms with Crippen LogP contribution in [0.25, 0.3) is 0 Å². The smallest absolute Gasteiger partial charge is 0.137 e. The third-order valence-corrected chi connectivity index (χ3v) is 5.38. The molecule has 0 radical (unpaired) electrons. The van der Waals surface area contributed by atoms with Crippen LogP contribution < -0.4 is 5.32 Å². The predicted molar refractivity (Wildman–Crippen MR) is 81.6 cm³/mol. The van der Waals surface area contributed by atoms with Gasteiger partial charge in [0.1, 0.15) is 5.82 Å². The van der Waals surface area contributed by atoms with Crippen LogP contribution in [0.2, 0.25) is 0 Å². The van der Waals surface area contributed by atoms with Gasteiger partial charge in [-0.2, -0.15) is 0 Å². The Balaban J connectivity index is 2.30. The molecule has 0 amide bonds. The molecule has 0 aliphatic heterocycles. The summed E-state index contributed by atoms with van der Waals surface area (Å²) in [6, 6.07) is 5.60. The first-order chi connectivity index (χ1) is 9.19. The van der Waals surface area contributed by atoms with Crippen molar-refractivity contribution in [2.45, 2.75) is 45.1 Å². The summed E-state index contributed by atoms with van der Waals surface area (Å²) in [7, 11) is 1.99. The molecule has 0 heterocycles. The highest BCUT2D eigenvalue weighted by molar-refractivity contribution is 9.10. The number of rotatable bonds is 4. The molecule has 1 aliphatic rings. The molecule has 1 saturated carbocycles. The number of halogens is 2. The molecule has 3 heteroatoms. The van der Waals surface area contributed by atoms with Gasteiger partial charge in [-0.15, -0.1) is 0 Å². The average molecular weight is 328 g/mol. The van der Waals surface area contributed by atoms with E-state index in [0.29, 0.717) is 10.4 Å². The van der Waals surface area contributed by atoms with Crippen LogP contribution in [0.15, 0.2) is 22.7 Å². The lowest BCUT2D eigenvalue weighted by Gasteiger charge is -2.37. The van der Waals surface area contributed by atoms with Gasteiger partial charge in [-0.3, -0.25) is 0 Å². The van der Waals surface area contributed by atoms with Crippen LogP contribution in [0.4, 0.5) is 4.39 Å². The molecule has 0 spiro atoms. The number of hydrogen-bond donors (Lipinski definition) is 1. The van der Waals surface area contributed by atoms with Crippen molar-refractivity contribution in [1.82, 2.24) is 5.32 Å².